The largest absolute Gasteiger partial charge is 0.372 e. The predicted octanol–water partition coefficient (Wildman–Crippen LogP) is -0.240. The second-order valence-corrected chi connectivity index (χ2v) is 4.47. The fraction of sp³-hybridized carbons (Fsp3) is 0.455. The van der Waals surface area contributed by atoms with Gasteiger partial charge in [0, 0.05) is 13.6 Å². The van der Waals surface area contributed by atoms with E-state index in [1.807, 2.05) is 0 Å². The van der Waals surface area contributed by atoms with E-state index >= 15 is 0 Å². The van der Waals surface area contributed by atoms with Crippen LogP contribution in [-0.4, -0.2) is 35.4 Å². The Morgan fingerprint density at radius 2 is 2.00 bits per heavy atom. The van der Waals surface area contributed by atoms with E-state index in [-0.39, 0.29) is 18.1 Å². The molecule has 0 fully saturated rings. The number of carbonyl (C=O) groups is 2. The summed E-state index contributed by atoms with van der Waals surface area (Å²) in [6, 6.07) is 0. The van der Waals surface area contributed by atoms with Crippen molar-refractivity contribution in [3.05, 3.63) is 18.1 Å². The number of carbonyl (C=O) groups excluding carboxylic acids is 2. The number of anilines is 1. The molecule has 2 amide bonds. The Morgan fingerprint density at radius 1 is 1.33 bits per heavy atom. The highest BCUT2D eigenvalue weighted by Gasteiger charge is 2.25. The maximum absolute atomic E-state index is 11.7. The second-order valence-electron chi connectivity index (χ2n) is 4.47. The summed E-state index contributed by atoms with van der Waals surface area (Å²) in [4.78, 5) is 30.7. The Bertz CT molecular complexity index is 441. The van der Waals surface area contributed by atoms with Crippen LogP contribution in [0.2, 0.25) is 0 Å². The van der Waals surface area contributed by atoms with Gasteiger partial charge in [-0.15, -0.1) is 0 Å². The number of rotatable bonds is 5. The predicted molar refractivity (Wildman–Crippen MR) is 66.9 cm³/mol. The minimum atomic E-state index is -0.798. The molecule has 0 aliphatic heterocycles. The second kappa shape index (κ2) is 5.44. The van der Waals surface area contributed by atoms with Crippen molar-refractivity contribution in [3.63, 3.8) is 0 Å². The highest BCUT2D eigenvalue weighted by atomic mass is 16.2. The molecule has 0 radical (unpaired) electrons. The molecule has 1 heterocycles. The molecule has 98 valence electrons. The zero-order valence-corrected chi connectivity index (χ0v) is 10.7. The summed E-state index contributed by atoms with van der Waals surface area (Å²) in [5.41, 5.74) is 4.60. The van der Waals surface area contributed by atoms with Crippen LogP contribution in [0.4, 0.5) is 5.82 Å². The molecule has 18 heavy (non-hydrogen) atoms. The lowest BCUT2D eigenvalue weighted by molar-refractivity contribution is -0.125. The van der Waals surface area contributed by atoms with E-state index in [4.69, 9.17) is 5.73 Å². The average Bonchev–Trinajstić information content (AvgIpc) is 2.36. The van der Waals surface area contributed by atoms with E-state index in [0.717, 1.165) is 0 Å². The summed E-state index contributed by atoms with van der Waals surface area (Å²) in [5, 5.41) is 5.39. The molecule has 0 aromatic carbocycles. The first-order valence-electron chi connectivity index (χ1n) is 5.44. The third kappa shape index (κ3) is 3.41. The summed E-state index contributed by atoms with van der Waals surface area (Å²) >= 11 is 0. The van der Waals surface area contributed by atoms with Crippen LogP contribution in [0.25, 0.3) is 0 Å². The molecule has 0 spiro atoms. The van der Waals surface area contributed by atoms with Gasteiger partial charge < -0.3 is 16.4 Å². The molecule has 7 nitrogen and oxygen atoms in total. The van der Waals surface area contributed by atoms with Crippen LogP contribution in [-0.2, 0) is 4.79 Å². The Balaban J connectivity index is 2.63. The molecular formula is C11H17N5O2. The number of amides is 2. The lowest BCUT2D eigenvalue weighted by atomic mass is 9.93. The third-order valence-electron chi connectivity index (χ3n) is 2.50. The molecule has 1 aromatic rings. The van der Waals surface area contributed by atoms with Gasteiger partial charge in [-0.1, -0.05) is 0 Å². The van der Waals surface area contributed by atoms with Gasteiger partial charge in [0.25, 0.3) is 5.91 Å². The number of nitrogens with two attached hydrogens (primary N) is 1. The number of aromatic nitrogens is 2. The van der Waals surface area contributed by atoms with Crippen molar-refractivity contribution < 1.29 is 9.59 Å². The summed E-state index contributed by atoms with van der Waals surface area (Å²) < 4.78 is 0. The molecule has 1 rings (SSSR count). The van der Waals surface area contributed by atoms with Crippen molar-refractivity contribution in [3.8, 4) is 0 Å². The van der Waals surface area contributed by atoms with Crippen LogP contribution in [0.3, 0.4) is 0 Å². The van der Waals surface area contributed by atoms with E-state index < -0.39 is 11.3 Å². The van der Waals surface area contributed by atoms with Gasteiger partial charge >= 0.3 is 0 Å². The SMILES string of the molecule is CNc1cnc(C(=O)NCC(C)(C)C(N)=O)cn1. The van der Waals surface area contributed by atoms with Crippen molar-refractivity contribution >= 4 is 17.6 Å². The first-order chi connectivity index (χ1) is 8.36. The first kappa shape index (κ1) is 13.9. The van der Waals surface area contributed by atoms with Crippen molar-refractivity contribution in [2.75, 3.05) is 18.9 Å². The summed E-state index contributed by atoms with van der Waals surface area (Å²) in [7, 11) is 1.71. The van der Waals surface area contributed by atoms with Crippen LogP contribution in [0.5, 0.6) is 0 Å². The molecule has 1 aromatic heterocycles. The topological polar surface area (TPSA) is 110 Å². The molecule has 0 unspecified atom stereocenters. The monoisotopic (exact) mass is 251 g/mol. The van der Waals surface area contributed by atoms with Gasteiger partial charge in [-0.3, -0.25) is 9.59 Å². The molecule has 4 N–H and O–H groups in total. The van der Waals surface area contributed by atoms with Gasteiger partial charge in [0.15, 0.2) is 0 Å². The molecule has 7 heteroatoms. The zero-order chi connectivity index (χ0) is 13.8. The lowest BCUT2D eigenvalue weighted by Gasteiger charge is -2.20. The van der Waals surface area contributed by atoms with Crippen LogP contribution >= 0.6 is 0 Å². The van der Waals surface area contributed by atoms with Gasteiger partial charge in [0.2, 0.25) is 5.91 Å². The van der Waals surface area contributed by atoms with Crippen molar-refractivity contribution in [2.45, 2.75) is 13.8 Å². The van der Waals surface area contributed by atoms with Crippen LogP contribution in [0.1, 0.15) is 24.3 Å². The minimum Gasteiger partial charge on any atom is -0.372 e. The normalized spacial score (nSPS) is 10.8. The maximum Gasteiger partial charge on any atom is 0.271 e. The molecule has 0 saturated heterocycles. The molecule has 0 atom stereocenters. The van der Waals surface area contributed by atoms with Gasteiger partial charge in [-0.05, 0) is 13.8 Å². The number of primary amides is 1. The number of nitrogens with zero attached hydrogens (tertiary/aromatic N) is 2. The van der Waals surface area contributed by atoms with Crippen molar-refractivity contribution in [2.24, 2.45) is 11.1 Å². The molecule has 0 aliphatic carbocycles. The quantitative estimate of drug-likeness (QED) is 0.669. The van der Waals surface area contributed by atoms with Crippen LogP contribution in [0.15, 0.2) is 12.4 Å². The summed E-state index contributed by atoms with van der Waals surface area (Å²) in [6.07, 6.45) is 2.81. The highest BCUT2D eigenvalue weighted by Crippen LogP contribution is 2.12. The Labute approximate surface area is 105 Å². The smallest absolute Gasteiger partial charge is 0.271 e. The zero-order valence-electron chi connectivity index (χ0n) is 10.7. The standard InChI is InChI=1S/C11H17N5O2/c1-11(2,10(12)18)6-16-9(17)7-4-15-8(13-3)5-14-7/h4-5H,6H2,1-3H3,(H2,12,18)(H,13,15)(H,16,17). The summed E-state index contributed by atoms with van der Waals surface area (Å²) in [6.45, 7) is 3.47. The van der Waals surface area contributed by atoms with Gasteiger partial charge in [-0.25, -0.2) is 9.97 Å². The van der Waals surface area contributed by atoms with Gasteiger partial charge in [0.05, 0.1) is 17.8 Å². The first-order valence-corrected chi connectivity index (χ1v) is 5.44. The number of hydrogen-bond donors (Lipinski definition) is 3. The van der Waals surface area contributed by atoms with E-state index in [9.17, 15) is 9.59 Å². The maximum atomic E-state index is 11.7. The fourth-order valence-electron chi connectivity index (χ4n) is 1.05. The fourth-order valence-corrected chi connectivity index (χ4v) is 1.05. The highest BCUT2D eigenvalue weighted by molar-refractivity contribution is 5.92. The van der Waals surface area contributed by atoms with Gasteiger partial charge in [0.1, 0.15) is 11.5 Å². The van der Waals surface area contributed by atoms with E-state index in [1.54, 1.807) is 20.9 Å². The summed E-state index contributed by atoms with van der Waals surface area (Å²) in [5.74, 6) is -0.289. The average molecular weight is 251 g/mol. The lowest BCUT2D eigenvalue weighted by Crippen LogP contribution is -2.42. The molecule has 0 saturated carbocycles. The Hall–Kier alpha value is -2.18. The Morgan fingerprint density at radius 3 is 2.44 bits per heavy atom. The van der Waals surface area contributed by atoms with Crippen LogP contribution < -0.4 is 16.4 Å². The Kier molecular flexibility index (Phi) is 4.19. The van der Waals surface area contributed by atoms with E-state index in [1.165, 1.54) is 12.4 Å². The van der Waals surface area contributed by atoms with Crippen molar-refractivity contribution in [1.29, 1.82) is 0 Å². The van der Waals surface area contributed by atoms with E-state index in [2.05, 4.69) is 20.6 Å². The molecule has 0 bridgehead atoms. The van der Waals surface area contributed by atoms with Crippen LogP contribution in [0, 0.1) is 5.41 Å². The van der Waals surface area contributed by atoms with E-state index in [0.29, 0.717) is 5.82 Å². The van der Waals surface area contributed by atoms with Crippen molar-refractivity contribution in [1.82, 2.24) is 15.3 Å². The van der Waals surface area contributed by atoms with Gasteiger partial charge in [-0.2, -0.15) is 0 Å². The minimum absolute atomic E-state index is 0.149. The molecular weight excluding hydrogens is 234 g/mol. The number of hydrogen-bond acceptors (Lipinski definition) is 5. The third-order valence-corrected chi connectivity index (χ3v) is 2.50. The molecule has 0 aliphatic rings. The number of nitrogens with one attached hydrogen (secondary N) is 2.